The summed E-state index contributed by atoms with van der Waals surface area (Å²) in [5.74, 6) is -0.411. The Bertz CT molecular complexity index is 910. The molecule has 0 aliphatic heterocycles. The molecule has 0 aliphatic rings. The Morgan fingerprint density at radius 1 is 1.22 bits per heavy atom. The molecule has 1 amide bonds. The number of unbranched alkanes of at least 4 members (excludes halogenated alkanes) is 3. The third-order valence-electron chi connectivity index (χ3n) is 4.33. The number of carbonyl (C=O) groups excluding carboxylic acids is 1. The second kappa shape index (κ2) is 9.46. The highest BCUT2D eigenvalue weighted by molar-refractivity contribution is 7.16. The normalized spacial score (nSPS) is 10.9. The van der Waals surface area contributed by atoms with Crippen molar-refractivity contribution in [3.05, 3.63) is 58.9 Å². The molecule has 0 bridgehead atoms. The highest BCUT2D eigenvalue weighted by Crippen LogP contribution is 2.22. The third kappa shape index (κ3) is 5.04. The molecule has 27 heavy (non-hydrogen) atoms. The van der Waals surface area contributed by atoms with Gasteiger partial charge in [-0.1, -0.05) is 38.3 Å². The lowest BCUT2D eigenvalue weighted by molar-refractivity contribution is 0.0950. The van der Waals surface area contributed by atoms with Crippen molar-refractivity contribution in [3.63, 3.8) is 0 Å². The van der Waals surface area contributed by atoms with Gasteiger partial charge in [0.1, 0.15) is 0 Å². The molecule has 1 N–H and O–H groups in total. The molecule has 3 rings (SSSR count). The fourth-order valence-electron chi connectivity index (χ4n) is 2.79. The Morgan fingerprint density at radius 2 is 2.11 bits per heavy atom. The van der Waals surface area contributed by atoms with Crippen molar-refractivity contribution in [3.8, 4) is 5.75 Å². The molecule has 0 unspecified atom stereocenters. The van der Waals surface area contributed by atoms with Gasteiger partial charge in [-0.05, 0) is 30.7 Å². The van der Waals surface area contributed by atoms with E-state index < -0.39 is 5.82 Å². The van der Waals surface area contributed by atoms with E-state index in [1.54, 1.807) is 35.8 Å². The summed E-state index contributed by atoms with van der Waals surface area (Å²) in [5, 5.41) is 2.77. The topological polar surface area (TPSA) is 51.2 Å². The zero-order valence-electron chi connectivity index (χ0n) is 15.3. The van der Waals surface area contributed by atoms with E-state index in [9.17, 15) is 9.18 Å². The number of aromatic nitrogens is 1. The first-order valence-electron chi connectivity index (χ1n) is 9.20. The van der Waals surface area contributed by atoms with Gasteiger partial charge in [0.2, 0.25) is 0 Å². The molecule has 4 nitrogen and oxygen atoms in total. The monoisotopic (exact) mass is 386 g/mol. The summed E-state index contributed by atoms with van der Waals surface area (Å²) in [6, 6.07) is 10.4. The fraction of sp³-hybridized carbons (Fsp3) is 0.333. The molecule has 0 fully saturated rings. The number of rotatable bonds is 9. The van der Waals surface area contributed by atoms with Gasteiger partial charge in [-0.15, -0.1) is 11.3 Å². The molecule has 1 aromatic heterocycles. The summed E-state index contributed by atoms with van der Waals surface area (Å²) in [7, 11) is 0. The molecule has 0 saturated carbocycles. The first kappa shape index (κ1) is 19.3. The van der Waals surface area contributed by atoms with Crippen molar-refractivity contribution in [2.24, 2.45) is 0 Å². The van der Waals surface area contributed by atoms with E-state index in [2.05, 4.69) is 17.2 Å². The fourth-order valence-corrected chi connectivity index (χ4v) is 3.51. The van der Waals surface area contributed by atoms with Crippen LogP contribution in [0.5, 0.6) is 5.75 Å². The van der Waals surface area contributed by atoms with E-state index in [0.29, 0.717) is 17.7 Å². The summed E-state index contributed by atoms with van der Waals surface area (Å²) in [4.78, 5) is 16.6. The van der Waals surface area contributed by atoms with Crippen molar-refractivity contribution in [1.29, 1.82) is 0 Å². The second-order valence-corrected chi connectivity index (χ2v) is 7.24. The van der Waals surface area contributed by atoms with Crippen LogP contribution in [-0.4, -0.2) is 17.5 Å². The number of hydrogen-bond donors (Lipinski definition) is 1. The summed E-state index contributed by atoms with van der Waals surface area (Å²) in [6.45, 7) is 2.76. The highest BCUT2D eigenvalue weighted by atomic mass is 32.1. The summed E-state index contributed by atoms with van der Waals surface area (Å²) >= 11 is 1.48. The van der Waals surface area contributed by atoms with Crippen LogP contribution in [0.2, 0.25) is 0 Å². The summed E-state index contributed by atoms with van der Waals surface area (Å²) in [6.07, 6.45) is 4.30. The van der Waals surface area contributed by atoms with Crippen molar-refractivity contribution >= 4 is 27.5 Å². The lowest BCUT2D eigenvalue weighted by Gasteiger charge is -2.11. The minimum Gasteiger partial charge on any atom is -0.491 e. The maximum Gasteiger partial charge on any atom is 0.251 e. The zero-order valence-corrected chi connectivity index (χ0v) is 16.2. The maximum absolute atomic E-state index is 14.6. The number of amides is 1. The largest absolute Gasteiger partial charge is 0.491 e. The number of nitrogens with zero attached hydrogens (tertiary/aromatic N) is 1. The van der Waals surface area contributed by atoms with Crippen molar-refractivity contribution in [2.75, 3.05) is 6.61 Å². The predicted octanol–water partition coefficient (Wildman–Crippen LogP) is 5.32. The lowest BCUT2D eigenvalue weighted by Crippen LogP contribution is -2.23. The van der Waals surface area contributed by atoms with Crippen LogP contribution in [-0.2, 0) is 6.54 Å². The van der Waals surface area contributed by atoms with E-state index in [1.807, 2.05) is 6.07 Å². The predicted molar refractivity (Wildman–Crippen MR) is 107 cm³/mol. The molecule has 0 atom stereocenters. The molecule has 0 spiro atoms. The molecule has 1 heterocycles. The van der Waals surface area contributed by atoms with Crippen LogP contribution in [0, 0.1) is 5.82 Å². The SMILES string of the molecule is CCCCCCOc1cccc(CNC(=O)c2ccc3ncsc3c2)c1F. The number of hydrogen-bond acceptors (Lipinski definition) is 4. The minimum absolute atomic E-state index is 0.110. The minimum atomic E-state index is -0.411. The van der Waals surface area contributed by atoms with Crippen LogP contribution in [0.25, 0.3) is 10.2 Å². The number of ether oxygens (including phenoxy) is 1. The Morgan fingerprint density at radius 3 is 2.96 bits per heavy atom. The van der Waals surface area contributed by atoms with Gasteiger partial charge in [-0.25, -0.2) is 9.37 Å². The van der Waals surface area contributed by atoms with Crippen LogP contribution in [0.3, 0.4) is 0 Å². The van der Waals surface area contributed by atoms with Crippen LogP contribution in [0.1, 0.15) is 48.5 Å². The standard InChI is InChI=1S/C21H23FN2O2S/c1-2-3-4-5-11-26-18-8-6-7-16(20(18)22)13-23-21(25)15-9-10-17-19(12-15)27-14-24-17/h6-10,12,14H,2-5,11,13H2,1H3,(H,23,25). The van der Waals surface area contributed by atoms with Gasteiger partial charge in [0.05, 0.1) is 22.3 Å². The van der Waals surface area contributed by atoms with Crippen molar-refractivity contribution in [1.82, 2.24) is 10.3 Å². The van der Waals surface area contributed by atoms with Gasteiger partial charge in [0, 0.05) is 17.7 Å². The number of thiazole rings is 1. The smallest absolute Gasteiger partial charge is 0.251 e. The van der Waals surface area contributed by atoms with Gasteiger partial charge in [0.15, 0.2) is 11.6 Å². The Labute approximate surface area is 162 Å². The van der Waals surface area contributed by atoms with Crippen LogP contribution >= 0.6 is 11.3 Å². The van der Waals surface area contributed by atoms with E-state index in [1.165, 1.54) is 11.3 Å². The summed E-state index contributed by atoms with van der Waals surface area (Å²) in [5.41, 5.74) is 3.56. The van der Waals surface area contributed by atoms with Gasteiger partial charge < -0.3 is 10.1 Å². The Kier molecular flexibility index (Phi) is 6.76. The molecular weight excluding hydrogens is 363 g/mol. The van der Waals surface area contributed by atoms with Gasteiger partial charge in [0.25, 0.3) is 5.91 Å². The first-order chi connectivity index (χ1) is 13.2. The van der Waals surface area contributed by atoms with E-state index in [-0.39, 0.29) is 18.2 Å². The Hall–Kier alpha value is -2.47. The molecule has 3 aromatic rings. The molecule has 0 saturated heterocycles. The second-order valence-electron chi connectivity index (χ2n) is 6.36. The number of carbonyl (C=O) groups is 1. The molecule has 142 valence electrons. The molecular formula is C21H23FN2O2S. The maximum atomic E-state index is 14.6. The Balaban J connectivity index is 1.58. The lowest BCUT2D eigenvalue weighted by atomic mass is 10.1. The molecule has 6 heteroatoms. The average molecular weight is 386 g/mol. The molecule has 0 radical (unpaired) electrons. The van der Waals surface area contributed by atoms with Crippen molar-refractivity contribution < 1.29 is 13.9 Å². The van der Waals surface area contributed by atoms with Gasteiger partial charge in [-0.3, -0.25) is 4.79 Å². The van der Waals surface area contributed by atoms with E-state index >= 15 is 0 Å². The van der Waals surface area contributed by atoms with Gasteiger partial charge in [-0.2, -0.15) is 0 Å². The van der Waals surface area contributed by atoms with Crippen LogP contribution < -0.4 is 10.1 Å². The molecule has 0 aliphatic carbocycles. The van der Waals surface area contributed by atoms with Crippen LogP contribution in [0.4, 0.5) is 4.39 Å². The number of benzene rings is 2. The number of nitrogens with one attached hydrogen (secondary N) is 1. The number of halogens is 1. The first-order valence-corrected chi connectivity index (χ1v) is 10.1. The molecule has 2 aromatic carbocycles. The third-order valence-corrected chi connectivity index (χ3v) is 5.12. The van der Waals surface area contributed by atoms with E-state index in [4.69, 9.17) is 4.74 Å². The highest BCUT2D eigenvalue weighted by Gasteiger charge is 2.12. The number of fused-ring (bicyclic) bond motifs is 1. The summed E-state index contributed by atoms with van der Waals surface area (Å²) < 4.78 is 21.1. The van der Waals surface area contributed by atoms with E-state index in [0.717, 1.165) is 35.9 Å². The van der Waals surface area contributed by atoms with Gasteiger partial charge >= 0.3 is 0 Å². The zero-order chi connectivity index (χ0) is 19.1. The quantitative estimate of drug-likeness (QED) is 0.506. The van der Waals surface area contributed by atoms with Crippen molar-refractivity contribution in [2.45, 2.75) is 39.2 Å². The van der Waals surface area contributed by atoms with Crippen LogP contribution in [0.15, 0.2) is 41.9 Å². The average Bonchev–Trinajstić information content (AvgIpc) is 3.15.